The van der Waals surface area contributed by atoms with Crippen LogP contribution in [0.5, 0.6) is 0 Å². The lowest BCUT2D eigenvalue weighted by Gasteiger charge is -2.42. The predicted octanol–water partition coefficient (Wildman–Crippen LogP) is 6.50. The molecule has 7 nitrogen and oxygen atoms in total. The average Bonchev–Trinajstić information content (AvgIpc) is 3.05. The van der Waals surface area contributed by atoms with Crippen molar-refractivity contribution in [1.82, 2.24) is 20.1 Å². The van der Waals surface area contributed by atoms with Crippen molar-refractivity contribution in [3.05, 3.63) is 126 Å². The number of aromatic nitrogens is 1. The van der Waals surface area contributed by atoms with E-state index in [2.05, 4.69) is 63.4 Å². The molecule has 0 saturated carbocycles. The Bertz CT molecular complexity index is 1500. The first-order valence-corrected chi connectivity index (χ1v) is 15.2. The van der Waals surface area contributed by atoms with Gasteiger partial charge in [0.05, 0.1) is 12.5 Å². The van der Waals surface area contributed by atoms with E-state index in [9.17, 15) is 9.59 Å². The third-order valence-electron chi connectivity index (χ3n) is 8.29. The summed E-state index contributed by atoms with van der Waals surface area (Å²) in [6.45, 7) is 5.74. The van der Waals surface area contributed by atoms with Crippen molar-refractivity contribution >= 4 is 49.0 Å². The molecule has 0 spiro atoms. The first-order chi connectivity index (χ1) is 21.0. The highest BCUT2D eigenvalue weighted by Crippen LogP contribution is 2.32. The molecule has 1 aromatic heterocycles. The van der Waals surface area contributed by atoms with E-state index in [0.717, 1.165) is 54.7 Å². The summed E-state index contributed by atoms with van der Waals surface area (Å²) < 4.78 is 0. The Morgan fingerprint density at radius 2 is 1.57 bits per heavy atom. The lowest BCUT2D eigenvalue weighted by Crippen LogP contribution is -2.48. The van der Waals surface area contributed by atoms with Gasteiger partial charge in [-0.2, -0.15) is 0 Å². The van der Waals surface area contributed by atoms with Crippen LogP contribution in [0.15, 0.2) is 103 Å². The maximum Gasteiger partial charge on any atom is 0.251 e. The molecular formula is C36H44Cl3N5O2. The van der Waals surface area contributed by atoms with Gasteiger partial charge in [0, 0.05) is 56.7 Å². The van der Waals surface area contributed by atoms with Gasteiger partial charge >= 0.3 is 0 Å². The van der Waals surface area contributed by atoms with Crippen molar-refractivity contribution in [3.8, 4) is 11.1 Å². The molecule has 1 saturated heterocycles. The molecule has 0 aliphatic carbocycles. The first-order valence-electron chi connectivity index (χ1n) is 15.2. The lowest BCUT2D eigenvalue weighted by atomic mass is 9.93. The van der Waals surface area contributed by atoms with Crippen LogP contribution in [-0.2, 0) is 17.8 Å². The van der Waals surface area contributed by atoms with Gasteiger partial charge in [-0.15, -0.1) is 37.2 Å². The number of nitrogens with two attached hydrogens (primary N) is 1. The van der Waals surface area contributed by atoms with Crippen LogP contribution in [0, 0.1) is 0 Å². The molecule has 3 N–H and O–H groups in total. The van der Waals surface area contributed by atoms with Crippen LogP contribution in [0.25, 0.3) is 11.1 Å². The predicted molar refractivity (Wildman–Crippen MR) is 193 cm³/mol. The van der Waals surface area contributed by atoms with E-state index < -0.39 is 0 Å². The summed E-state index contributed by atoms with van der Waals surface area (Å²) in [5.74, 6) is -0.0249. The van der Waals surface area contributed by atoms with Gasteiger partial charge < -0.3 is 16.0 Å². The minimum Gasteiger partial charge on any atom is -0.351 e. The summed E-state index contributed by atoms with van der Waals surface area (Å²) in [5.41, 5.74) is 11.3. The van der Waals surface area contributed by atoms with Crippen molar-refractivity contribution in [2.75, 3.05) is 26.2 Å². The maximum atomic E-state index is 14.0. The number of carbonyl (C=O) groups is 2. The zero-order valence-electron chi connectivity index (χ0n) is 26.1. The van der Waals surface area contributed by atoms with Crippen LogP contribution in [0.2, 0.25) is 0 Å². The van der Waals surface area contributed by atoms with E-state index in [0.29, 0.717) is 25.1 Å². The monoisotopic (exact) mass is 683 g/mol. The molecule has 3 aromatic carbocycles. The number of hydrogen-bond donors (Lipinski definition) is 2. The number of rotatable bonds is 11. The van der Waals surface area contributed by atoms with E-state index in [1.807, 2.05) is 54.6 Å². The molecule has 0 radical (unpaired) electrons. The van der Waals surface area contributed by atoms with Gasteiger partial charge in [0.25, 0.3) is 5.91 Å². The van der Waals surface area contributed by atoms with E-state index >= 15 is 0 Å². The fraction of sp³-hybridized carbons (Fsp3) is 0.306. The molecule has 10 heteroatoms. The van der Waals surface area contributed by atoms with Gasteiger partial charge in [0.2, 0.25) is 5.91 Å². The fourth-order valence-corrected chi connectivity index (χ4v) is 6.04. The average molecular weight is 685 g/mol. The Balaban J connectivity index is 0.00000245. The number of amides is 2. The number of nitrogens with one attached hydrogen (secondary N) is 1. The molecule has 5 rings (SSSR count). The minimum atomic E-state index is -0.143. The van der Waals surface area contributed by atoms with Crippen LogP contribution in [0.3, 0.4) is 0 Å². The van der Waals surface area contributed by atoms with Crippen molar-refractivity contribution in [2.45, 2.75) is 44.8 Å². The van der Waals surface area contributed by atoms with Crippen LogP contribution >= 0.6 is 37.2 Å². The number of piperidine rings is 1. The molecule has 4 aromatic rings. The summed E-state index contributed by atoms with van der Waals surface area (Å²) in [4.78, 5) is 35.6. The van der Waals surface area contributed by atoms with E-state index in [1.165, 1.54) is 5.56 Å². The summed E-state index contributed by atoms with van der Waals surface area (Å²) in [7, 11) is 0. The quantitative estimate of drug-likeness (QED) is 0.188. The van der Waals surface area contributed by atoms with Gasteiger partial charge in [0.15, 0.2) is 0 Å². The molecule has 1 unspecified atom stereocenters. The number of halogens is 3. The molecule has 1 fully saturated rings. The zero-order chi connectivity index (χ0) is 30.0. The molecule has 2 amide bonds. The molecule has 46 heavy (non-hydrogen) atoms. The number of benzene rings is 3. The molecule has 2 heterocycles. The highest BCUT2D eigenvalue weighted by atomic mass is 35.5. The van der Waals surface area contributed by atoms with Crippen molar-refractivity contribution < 1.29 is 9.59 Å². The van der Waals surface area contributed by atoms with Gasteiger partial charge in [-0.25, -0.2) is 0 Å². The van der Waals surface area contributed by atoms with Gasteiger partial charge in [-0.3, -0.25) is 19.5 Å². The van der Waals surface area contributed by atoms with Crippen molar-refractivity contribution in [3.63, 3.8) is 0 Å². The van der Waals surface area contributed by atoms with Gasteiger partial charge in [-0.05, 0) is 71.8 Å². The smallest absolute Gasteiger partial charge is 0.251 e. The minimum absolute atomic E-state index is 0. The van der Waals surface area contributed by atoms with E-state index in [-0.39, 0.29) is 61.1 Å². The Hall–Kier alpha value is -3.46. The second-order valence-electron chi connectivity index (χ2n) is 11.2. The summed E-state index contributed by atoms with van der Waals surface area (Å²) >= 11 is 0. The highest BCUT2D eigenvalue weighted by molar-refractivity contribution is 6.01. The third-order valence-corrected chi connectivity index (χ3v) is 8.29. The summed E-state index contributed by atoms with van der Waals surface area (Å²) in [6, 6.07) is 30.3. The van der Waals surface area contributed by atoms with Gasteiger partial charge in [0.1, 0.15) is 0 Å². The maximum absolute atomic E-state index is 14.0. The van der Waals surface area contributed by atoms with E-state index in [4.69, 9.17) is 5.73 Å². The summed E-state index contributed by atoms with van der Waals surface area (Å²) in [6.07, 6.45) is 5.65. The molecule has 0 bridgehead atoms. The first kappa shape index (κ1) is 38.7. The molecular weight excluding hydrogens is 641 g/mol. The van der Waals surface area contributed by atoms with Crippen LogP contribution in [0.4, 0.5) is 0 Å². The molecule has 1 aliphatic heterocycles. The van der Waals surface area contributed by atoms with Crippen molar-refractivity contribution in [1.29, 1.82) is 0 Å². The Labute approximate surface area is 291 Å². The Kier molecular flexibility index (Phi) is 16.2. The second kappa shape index (κ2) is 19.3. The summed E-state index contributed by atoms with van der Waals surface area (Å²) in [5, 5.41) is 2.89. The number of carbonyl (C=O) groups excluding carboxylic acids is 2. The number of likely N-dealkylation sites (tertiary alicyclic amines) is 1. The molecule has 246 valence electrons. The van der Waals surface area contributed by atoms with Crippen LogP contribution in [-0.4, -0.2) is 58.8 Å². The standard InChI is InChI=1S/C36H41N5O2.3ClH/c1-27(30-10-7-11-31(25-30)33-12-5-6-13-34(33)36(43)39-21-18-37)41(35(42)24-28-14-19-38-20-15-28)32-16-22-40(23-17-32)26-29-8-3-2-4-9-29;;;/h2-15,19-20,25,27,32H,16-18,21-24,26,37H2,1H3,(H,39,43);3*1H. The van der Waals surface area contributed by atoms with Crippen LogP contribution in [0.1, 0.15) is 52.9 Å². The highest BCUT2D eigenvalue weighted by Gasteiger charge is 2.32. The van der Waals surface area contributed by atoms with Crippen molar-refractivity contribution in [2.24, 2.45) is 5.73 Å². The Morgan fingerprint density at radius 1 is 0.891 bits per heavy atom. The number of hydrogen-bond acceptors (Lipinski definition) is 5. The second-order valence-corrected chi connectivity index (χ2v) is 11.2. The number of nitrogens with zero attached hydrogens (tertiary/aromatic N) is 3. The normalized spacial score (nSPS) is 13.7. The molecule has 1 aliphatic rings. The molecule has 1 atom stereocenters. The van der Waals surface area contributed by atoms with E-state index in [1.54, 1.807) is 12.4 Å². The third kappa shape index (κ3) is 10.0. The zero-order valence-corrected chi connectivity index (χ0v) is 28.5. The number of pyridine rings is 1. The van der Waals surface area contributed by atoms with Crippen LogP contribution < -0.4 is 11.1 Å². The SMILES string of the molecule is CC(c1cccc(-c2ccccc2C(=O)NCCN)c1)N(C(=O)Cc1ccncc1)C1CCN(Cc2ccccc2)CC1.Cl.Cl.Cl. The Morgan fingerprint density at radius 3 is 2.26 bits per heavy atom. The fourth-order valence-electron chi connectivity index (χ4n) is 6.04. The largest absolute Gasteiger partial charge is 0.351 e. The van der Waals surface area contributed by atoms with Gasteiger partial charge in [-0.1, -0.05) is 66.7 Å². The lowest BCUT2D eigenvalue weighted by molar-refractivity contribution is -0.136. The topological polar surface area (TPSA) is 91.6 Å².